The Balaban J connectivity index is 1.25. The van der Waals surface area contributed by atoms with E-state index >= 15 is 0 Å². The summed E-state index contributed by atoms with van der Waals surface area (Å²) in [6.45, 7) is 4.29. The molecule has 7 nitrogen and oxygen atoms in total. The molecule has 1 saturated heterocycles. The van der Waals surface area contributed by atoms with Crippen LogP contribution in [0.15, 0.2) is 60.8 Å². The Morgan fingerprint density at radius 2 is 1.72 bits per heavy atom. The second kappa shape index (κ2) is 10.2. The normalized spacial score (nSPS) is 14.3. The molecule has 0 unspecified atom stereocenters. The number of rotatable bonds is 7. The number of benzene rings is 2. The Kier molecular flexibility index (Phi) is 6.97. The molecule has 7 heteroatoms. The third kappa shape index (κ3) is 5.62. The molecule has 3 aromatic rings. The van der Waals surface area contributed by atoms with E-state index in [2.05, 4.69) is 32.5 Å². The molecule has 2 N–H and O–H groups in total. The van der Waals surface area contributed by atoms with Crippen molar-refractivity contribution in [2.75, 3.05) is 44.7 Å². The lowest BCUT2D eigenvalue weighted by molar-refractivity contribution is -0.125. The van der Waals surface area contributed by atoms with E-state index in [1.165, 1.54) is 0 Å². The average molecular weight is 432 g/mol. The van der Waals surface area contributed by atoms with Crippen LogP contribution in [0.4, 0.5) is 5.82 Å². The molecule has 1 aromatic heterocycles. The third-order valence-corrected chi connectivity index (χ3v) is 5.80. The summed E-state index contributed by atoms with van der Waals surface area (Å²) < 4.78 is 0. The number of aromatic nitrogens is 1. The Morgan fingerprint density at radius 3 is 2.56 bits per heavy atom. The van der Waals surface area contributed by atoms with Gasteiger partial charge in [0.25, 0.3) is 0 Å². The number of fused-ring (bicyclic) bond motifs is 1. The minimum atomic E-state index is -0.214. The van der Waals surface area contributed by atoms with E-state index in [1.54, 1.807) is 6.20 Å². The van der Waals surface area contributed by atoms with Crippen molar-refractivity contribution in [3.05, 3.63) is 71.9 Å². The monoisotopic (exact) mass is 431 g/mol. The molecule has 0 atom stereocenters. The Hall–Kier alpha value is -3.45. The van der Waals surface area contributed by atoms with Gasteiger partial charge in [-0.25, -0.2) is 4.98 Å². The fourth-order valence-corrected chi connectivity index (χ4v) is 3.90. The molecule has 2 aromatic carbocycles. The first-order valence-corrected chi connectivity index (χ1v) is 11.0. The molecule has 1 fully saturated rings. The molecule has 0 saturated carbocycles. The van der Waals surface area contributed by atoms with Crippen LogP contribution in [0.2, 0.25) is 0 Å². The minimum Gasteiger partial charge on any atom is -0.354 e. The van der Waals surface area contributed by atoms with Crippen molar-refractivity contribution in [3.8, 4) is 0 Å². The van der Waals surface area contributed by atoms with Crippen LogP contribution in [-0.2, 0) is 22.6 Å². The van der Waals surface area contributed by atoms with E-state index in [4.69, 9.17) is 0 Å². The average Bonchev–Trinajstić information content (AvgIpc) is 2.82. The molecule has 0 radical (unpaired) electrons. The number of carbonyl (C=O) groups is 2. The summed E-state index contributed by atoms with van der Waals surface area (Å²) in [5.74, 6) is 0.556. The molecule has 0 aliphatic carbocycles. The maximum atomic E-state index is 12.4. The molecular weight excluding hydrogens is 402 g/mol. The van der Waals surface area contributed by atoms with Crippen LogP contribution in [0.3, 0.4) is 0 Å². The molecule has 32 heavy (non-hydrogen) atoms. The summed E-state index contributed by atoms with van der Waals surface area (Å²) in [7, 11) is 2.12. The predicted molar refractivity (Wildman–Crippen MR) is 126 cm³/mol. The number of hydrogen-bond acceptors (Lipinski definition) is 5. The van der Waals surface area contributed by atoms with Crippen LogP contribution in [0, 0.1) is 0 Å². The van der Waals surface area contributed by atoms with Crippen molar-refractivity contribution in [1.82, 2.24) is 20.5 Å². The van der Waals surface area contributed by atoms with Crippen molar-refractivity contribution in [1.29, 1.82) is 0 Å². The smallest absolute Gasteiger partial charge is 0.239 e. The van der Waals surface area contributed by atoms with Crippen molar-refractivity contribution in [2.45, 2.75) is 13.0 Å². The van der Waals surface area contributed by atoms with E-state index in [0.717, 1.165) is 53.9 Å². The number of hydrogen-bond donors (Lipinski definition) is 2. The lowest BCUT2D eigenvalue weighted by Crippen LogP contribution is -2.44. The van der Waals surface area contributed by atoms with Gasteiger partial charge in [-0.15, -0.1) is 0 Å². The van der Waals surface area contributed by atoms with Crippen LogP contribution < -0.4 is 15.5 Å². The summed E-state index contributed by atoms with van der Waals surface area (Å²) >= 11 is 0. The van der Waals surface area contributed by atoms with Crippen LogP contribution in [-0.4, -0.2) is 61.5 Å². The van der Waals surface area contributed by atoms with E-state index in [-0.39, 0.29) is 24.8 Å². The number of nitrogens with one attached hydrogen (secondary N) is 2. The summed E-state index contributed by atoms with van der Waals surface area (Å²) in [6, 6.07) is 17.8. The number of carbonyl (C=O) groups excluding carboxylic acids is 2. The minimum absolute atomic E-state index is 0.0417. The molecule has 2 heterocycles. The largest absolute Gasteiger partial charge is 0.354 e. The van der Waals surface area contributed by atoms with Crippen molar-refractivity contribution in [2.24, 2.45) is 0 Å². The highest BCUT2D eigenvalue weighted by atomic mass is 16.2. The highest BCUT2D eigenvalue weighted by Crippen LogP contribution is 2.19. The van der Waals surface area contributed by atoms with Gasteiger partial charge in [0.2, 0.25) is 11.8 Å². The van der Waals surface area contributed by atoms with Gasteiger partial charge in [-0.1, -0.05) is 42.5 Å². The Bertz CT molecular complexity index is 1090. The highest BCUT2D eigenvalue weighted by molar-refractivity contribution is 5.91. The maximum absolute atomic E-state index is 12.4. The lowest BCUT2D eigenvalue weighted by Gasteiger charge is -2.33. The molecule has 166 valence electrons. The first-order chi connectivity index (χ1) is 15.6. The Labute approximate surface area is 188 Å². The topological polar surface area (TPSA) is 77.6 Å². The van der Waals surface area contributed by atoms with Gasteiger partial charge in [0, 0.05) is 38.9 Å². The highest BCUT2D eigenvalue weighted by Gasteiger charge is 2.15. The standard InChI is InChI=1S/C25H29N5O2/c1-29-11-13-30(14-12-29)23-15-19(9-10-26-23)17-27-25(32)18-28-24(31)16-21-7-4-6-20-5-2-3-8-22(20)21/h2-10,15H,11-14,16-18H2,1H3,(H,27,32)(H,28,31). The van der Waals surface area contributed by atoms with Crippen LogP contribution in [0.5, 0.6) is 0 Å². The summed E-state index contributed by atoms with van der Waals surface area (Å²) in [6.07, 6.45) is 2.02. The van der Waals surface area contributed by atoms with Gasteiger partial charge < -0.3 is 20.4 Å². The maximum Gasteiger partial charge on any atom is 0.239 e. The number of amides is 2. The van der Waals surface area contributed by atoms with Gasteiger partial charge in [-0.3, -0.25) is 9.59 Å². The number of pyridine rings is 1. The third-order valence-electron chi connectivity index (χ3n) is 5.80. The first-order valence-electron chi connectivity index (χ1n) is 11.0. The van der Waals surface area contributed by atoms with E-state index in [9.17, 15) is 9.59 Å². The number of anilines is 1. The summed E-state index contributed by atoms with van der Waals surface area (Å²) in [4.78, 5) is 33.7. The van der Waals surface area contributed by atoms with Gasteiger partial charge in [0.15, 0.2) is 0 Å². The second-order valence-electron chi connectivity index (χ2n) is 8.18. The molecular formula is C25H29N5O2. The lowest BCUT2D eigenvalue weighted by atomic mass is 10.0. The van der Waals surface area contributed by atoms with E-state index < -0.39 is 0 Å². The zero-order valence-electron chi connectivity index (χ0n) is 18.4. The molecule has 0 spiro atoms. The molecule has 0 bridgehead atoms. The second-order valence-corrected chi connectivity index (χ2v) is 8.18. The van der Waals surface area contributed by atoms with E-state index in [0.29, 0.717) is 6.54 Å². The SMILES string of the molecule is CN1CCN(c2cc(CNC(=O)CNC(=O)Cc3cccc4ccccc34)ccn2)CC1. The van der Waals surface area contributed by atoms with Gasteiger partial charge in [0.05, 0.1) is 13.0 Å². The van der Waals surface area contributed by atoms with E-state index in [1.807, 2.05) is 54.6 Å². The van der Waals surface area contributed by atoms with Crippen molar-refractivity contribution in [3.63, 3.8) is 0 Å². The molecule has 1 aliphatic rings. The first kappa shape index (κ1) is 21.8. The van der Waals surface area contributed by atoms with Gasteiger partial charge in [-0.2, -0.15) is 0 Å². The van der Waals surface area contributed by atoms with Gasteiger partial charge >= 0.3 is 0 Å². The molecule has 2 amide bonds. The predicted octanol–water partition coefficient (Wildman–Crippen LogP) is 1.96. The molecule has 1 aliphatic heterocycles. The number of likely N-dealkylation sites (N-methyl/N-ethyl adjacent to an activating group) is 1. The fraction of sp³-hybridized carbons (Fsp3) is 0.320. The zero-order valence-corrected chi connectivity index (χ0v) is 18.4. The van der Waals surface area contributed by atoms with Crippen molar-refractivity contribution >= 4 is 28.4 Å². The quantitative estimate of drug-likeness (QED) is 0.598. The number of nitrogens with zero attached hydrogens (tertiary/aromatic N) is 3. The van der Waals surface area contributed by atoms with Crippen LogP contribution in [0.1, 0.15) is 11.1 Å². The van der Waals surface area contributed by atoms with Crippen molar-refractivity contribution < 1.29 is 9.59 Å². The molecule has 4 rings (SSSR count). The summed E-state index contributed by atoms with van der Waals surface area (Å²) in [5.41, 5.74) is 1.94. The van der Waals surface area contributed by atoms with Crippen LogP contribution >= 0.6 is 0 Å². The zero-order chi connectivity index (χ0) is 22.3. The van der Waals surface area contributed by atoms with Gasteiger partial charge in [-0.05, 0) is 41.1 Å². The van der Waals surface area contributed by atoms with Gasteiger partial charge in [0.1, 0.15) is 5.82 Å². The van der Waals surface area contributed by atoms with Crippen LogP contribution in [0.25, 0.3) is 10.8 Å². The number of piperazine rings is 1. The Morgan fingerprint density at radius 1 is 0.938 bits per heavy atom. The fourth-order valence-electron chi connectivity index (χ4n) is 3.90. The summed E-state index contributed by atoms with van der Waals surface area (Å²) in [5, 5.41) is 7.76.